The molecule has 2 aromatic rings. The van der Waals surface area contributed by atoms with Gasteiger partial charge in [0, 0.05) is 36.5 Å². The molecule has 0 aliphatic rings. The maximum Gasteiger partial charge on any atom is 0.124 e. The number of nitrogens with zero attached hydrogens (tertiary/aromatic N) is 1. The van der Waals surface area contributed by atoms with Crippen LogP contribution in [0, 0.1) is 11.3 Å². The summed E-state index contributed by atoms with van der Waals surface area (Å²) in [6.45, 7) is -0.0733. The highest BCUT2D eigenvalue weighted by molar-refractivity contribution is 5.78. The van der Waals surface area contributed by atoms with Crippen molar-refractivity contribution in [2.45, 2.75) is 6.42 Å². The van der Waals surface area contributed by atoms with Crippen molar-refractivity contribution in [1.82, 2.24) is 0 Å². The Morgan fingerprint density at radius 3 is 2.27 bits per heavy atom. The smallest absolute Gasteiger partial charge is 0.124 e. The van der Waals surface area contributed by atoms with Crippen molar-refractivity contribution >= 4 is 11.3 Å². The van der Waals surface area contributed by atoms with Crippen LogP contribution in [0.4, 0.5) is 10.1 Å². The highest BCUT2D eigenvalue weighted by Gasteiger charge is 2.04. The van der Waals surface area contributed by atoms with E-state index in [1.807, 2.05) is 0 Å². The summed E-state index contributed by atoms with van der Waals surface area (Å²) >= 11 is 0. The molecule has 0 heterocycles. The molecule has 0 spiro atoms. The number of ether oxygens (including phenoxy) is 3. The molecule has 0 saturated carbocycles. The molecular weight excluding hydrogens is 335 g/mol. The lowest BCUT2D eigenvalue weighted by Gasteiger charge is -2.09. The molecule has 0 aliphatic carbocycles. The fourth-order valence-corrected chi connectivity index (χ4v) is 2.20. The molecule has 1 N–H and O–H groups in total. The van der Waals surface area contributed by atoms with Crippen molar-refractivity contribution in [3.8, 4) is 23.3 Å². The molecule has 6 heteroatoms. The maximum atomic E-state index is 12.1. The van der Waals surface area contributed by atoms with E-state index in [-0.39, 0.29) is 0 Å². The van der Waals surface area contributed by atoms with E-state index in [1.54, 1.807) is 62.9 Å². The number of halogens is 1. The Morgan fingerprint density at radius 2 is 1.73 bits per heavy atom. The van der Waals surface area contributed by atoms with E-state index in [0.29, 0.717) is 35.8 Å². The molecule has 0 amide bonds. The van der Waals surface area contributed by atoms with Gasteiger partial charge in [0.05, 0.1) is 33.1 Å². The Balaban J connectivity index is 2.12. The lowest BCUT2D eigenvalue weighted by molar-refractivity contribution is 0.289. The first-order chi connectivity index (χ1) is 12.7. The van der Waals surface area contributed by atoms with Crippen LogP contribution in [0.2, 0.25) is 0 Å². The normalized spacial score (nSPS) is 10.8. The van der Waals surface area contributed by atoms with Gasteiger partial charge >= 0.3 is 0 Å². The molecule has 0 radical (unpaired) electrons. The molecule has 0 aliphatic heterocycles. The van der Waals surface area contributed by atoms with Gasteiger partial charge in [-0.15, -0.1) is 0 Å². The summed E-state index contributed by atoms with van der Waals surface area (Å²) < 4.78 is 27.9. The number of anilines is 1. The average Bonchev–Trinajstić information content (AvgIpc) is 2.69. The number of methoxy groups -OCH3 is 2. The number of hydrogen-bond donors (Lipinski definition) is 1. The van der Waals surface area contributed by atoms with Gasteiger partial charge in [-0.25, -0.2) is 0 Å². The number of hydrogen-bond acceptors (Lipinski definition) is 5. The van der Waals surface area contributed by atoms with Crippen LogP contribution in [0.25, 0.3) is 5.57 Å². The van der Waals surface area contributed by atoms with Crippen LogP contribution in [-0.4, -0.2) is 27.5 Å². The number of nitrogens with one attached hydrogen (secondary N) is 1. The molecule has 136 valence electrons. The van der Waals surface area contributed by atoms with Gasteiger partial charge in [0.1, 0.15) is 23.3 Å². The van der Waals surface area contributed by atoms with Gasteiger partial charge in [0.15, 0.2) is 0 Å². The second-order valence-corrected chi connectivity index (χ2v) is 5.33. The molecule has 0 atom stereocenters. The van der Waals surface area contributed by atoms with Gasteiger partial charge in [0.2, 0.25) is 0 Å². The van der Waals surface area contributed by atoms with E-state index in [4.69, 9.17) is 14.2 Å². The molecule has 5 nitrogen and oxygen atoms in total. The third-order valence-corrected chi connectivity index (χ3v) is 3.57. The Labute approximate surface area is 152 Å². The van der Waals surface area contributed by atoms with E-state index in [2.05, 4.69) is 11.4 Å². The molecule has 26 heavy (non-hydrogen) atoms. The maximum absolute atomic E-state index is 12.1. The zero-order valence-corrected chi connectivity index (χ0v) is 14.8. The zero-order chi connectivity index (χ0) is 18.8. The summed E-state index contributed by atoms with van der Waals surface area (Å²) in [5.74, 6) is 1.94. The first kappa shape index (κ1) is 19.1. The van der Waals surface area contributed by atoms with Crippen LogP contribution < -0.4 is 19.5 Å². The van der Waals surface area contributed by atoms with Crippen molar-refractivity contribution in [2.75, 3.05) is 32.8 Å². The van der Waals surface area contributed by atoms with Crippen molar-refractivity contribution < 1.29 is 18.6 Å². The Bertz CT molecular complexity index is 760. The molecule has 0 saturated heterocycles. The largest absolute Gasteiger partial charge is 0.497 e. The average molecular weight is 356 g/mol. The standard InChI is InChI=1S/C20H21FN2O3/c1-24-19-10-17(11-20(12-19)25-2)23-14-16(13-22)15-4-6-18(7-5-15)26-9-3-8-21/h4-7,10-12,14,23H,3,8-9H2,1-2H3. The fourth-order valence-electron chi connectivity index (χ4n) is 2.20. The molecule has 0 fully saturated rings. The summed E-state index contributed by atoms with van der Waals surface area (Å²) in [7, 11) is 3.15. The van der Waals surface area contributed by atoms with Crippen LogP contribution >= 0.6 is 0 Å². The number of rotatable bonds is 9. The van der Waals surface area contributed by atoms with Crippen LogP contribution in [0.3, 0.4) is 0 Å². The molecule has 2 rings (SSSR count). The summed E-state index contributed by atoms with van der Waals surface area (Å²) in [6, 6.07) is 14.6. The predicted molar refractivity (Wildman–Crippen MR) is 99.3 cm³/mol. The lowest BCUT2D eigenvalue weighted by atomic mass is 10.1. The third-order valence-electron chi connectivity index (χ3n) is 3.57. The van der Waals surface area contributed by atoms with Crippen LogP contribution in [-0.2, 0) is 0 Å². The minimum atomic E-state index is -0.403. The Hall–Kier alpha value is -3.20. The van der Waals surface area contributed by atoms with E-state index in [1.165, 1.54) is 0 Å². The minimum absolute atomic E-state index is 0.329. The third kappa shape index (κ3) is 5.42. The number of alkyl halides is 1. The van der Waals surface area contributed by atoms with Crippen LogP contribution in [0.15, 0.2) is 48.7 Å². The summed E-state index contributed by atoms with van der Waals surface area (Å²) in [5.41, 5.74) is 1.94. The predicted octanol–water partition coefficient (Wildman–Crippen LogP) is 4.42. The fraction of sp³-hybridized carbons (Fsp3) is 0.250. The number of benzene rings is 2. The topological polar surface area (TPSA) is 63.5 Å². The van der Waals surface area contributed by atoms with E-state index < -0.39 is 6.67 Å². The highest BCUT2D eigenvalue weighted by atomic mass is 19.1. The van der Waals surface area contributed by atoms with Gasteiger partial charge in [-0.1, -0.05) is 0 Å². The van der Waals surface area contributed by atoms with Gasteiger partial charge < -0.3 is 19.5 Å². The van der Waals surface area contributed by atoms with E-state index in [9.17, 15) is 9.65 Å². The Kier molecular flexibility index (Phi) is 7.31. The number of nitriles is 1. The number of allylic oxidation sites excluding steroid dienone is 1. The second kappa shape index (κ2) is 9.94. The SMILES string of the molecule is COc1cc(NC=C(C#N)c2ccc(OCCCF)cc2)cc(OC)c1. The van der Waals surface area contributed by atoms with E-state index in [0.717, 1.165) is 11.3 Å². The van der Waals surface area contributed by atoms with Crippen molar-refractivity contribution in [2.24, 2.45) is 0 Å². The minimum Gasteiger partial charge on any atom is -0.497 e. The van der Waals surface area contributed by atoms with Crippen LogP contribution in [0.5, 0.6) is 17.2 Å². The molecule has 2 aromatic carbocycles. The lowest BCUT2D eigenvalue weighted by Crippen LogP contribution is -1.98. The Morgan fingerprint density at radius 1 is 1.08 bits per heavy atom. The molecular formula is C20H21FN2O3. The summed E-state index contributed by atoms with van der Waals surface area (Å²) in [6.07, 6.45) is 1.98. The first-order valence-corrected chi connectivity index (χ1v) is 8.09. The van der Waals surface area contributed by atoms with Gasteiger partial charge in [-0.3, -0.25) is 4.39 Å². The van der Waals surface area contributed by atoms with Crippen LogP contribution in [0.1, 0.15) is 12.0 Å². The summed E-state index contributed by atoms with van der Waals surface area (Å²) in [5, 5.41) is 12.5. The van der Waals surface area contributed by atoms with E-state index >= 15 is 0 Å². The second-order valence-electron chi connectivity index (χ2n) is 5.33. The van der Waals surface area contributed by atoms with Gasteiger partial charge in [0.25, 0.3) is 0 Å². The quantitative estimate of drug-likeness (QED) is 0.532. The van der Waals surface area contributed by atoms with Gasteiger partial charge in [-0.05, 0) is 29.8 Å². The van der Waals surface area contributed by atoms with Crippen molar-refractivity contribution in [3.05, 3.63) is 54.2 Å². The monoisotopic (exact) mass is 356 g/mol. The molecule has 0 unspecified atom stereocenters. The zero-order valence-electron chi connectivity index (χ0n) is 14.8. The first-order valence-electron chi connectivity index (χ1n) is 8.09. The van der Waals surface area contributed by atoms with Gasteiger partial charge in [-0.2, -0.15) is 5.26 Å². The summed E-state index contributed by atoms with van der Waals surface area (Å²) in [4.78, 5) is 0. The highest BCUT2D eigenvalue weighted by Crippen LogP contribution is 2.26. The van der Waals surface area contributed by atoms with Crippen molar-refractivity contribution in [3.63, 3.8) is 0 Å². The van der Waals surface area contributed by atoms with Crippen molar-refractivity contribution in [1.29, 1.82) is 5.26 Å². The molecule has 0 bridgehead atoms. The molecule has 0 aromatic heterocycles.